The third-order valence-electron chi connectivity index (χ3n) is 2.68. The Kier molecular flexibility index (Phi) is 7.64. The van der Waals surface area contributed by atoms with Crippen molar-refractivity contribution in [3.8, 4) is 0 Å². The Labute approximate surface area is 110 Å². The number of carboxylic acid groups (broad SMARTS) is 1. The number of rotatable bonds is 8. The predicted molar refractivity (Wildman–Crippen MR) is 70.3 cm³/mol. The van der Waals surface area contributed by atoms with Gasteiger partial charge in [0.05, 0.1) is 5.92 Å². The summed E-state index contributed by atoms with van der Waals surface area (Å²) in [6, 6.07) is 0. The van der Waals surface area contributed by atoms with Crippen LogP contribution in [0.15, 0.2) is 0 Å². The predicted octanol–water partition coefficient (Wildman–Crippen LogP) is 3.39. The van der Waals surface area contributed by atoms with Gasteiger partial charge >= 0.3 is 11.9 Å². The SMILES string of the molecule is CCC(CCCCCC(=O)O)C(=O)OC(C)(C)C. The minimum Gasteiger partial charge on any atom is -0.481 e. The number of unbranched alkanes of at least 4 members (excludes halogenated alkanes) is 2. The van der Waals surface area contributed by atoms with Gasteiger partial charge in [-0.05, 0) is 40.0 Å². The molecule has 0 aromatic carbocycles. The van der Waals surface area contributed by atoms with Crippen LogP contribution in [0.4, 0.5) is 0 Å². The second-order valence-electron chi connectivity index (χ2n) is 5.63. The maximum Gasteiger partial charge on any atom is 0.309 e. The Morgan fingerprint density at radius 1 is 1.17 bits per heavy atom. The molecule has 0 aromatic rings. The molecule has 0 heterocycles. The Morgan fingerprint density at radius 3 is 2.22 bits per heavy atom. The van der Waals surface area contributed by atoms with Gasteiger partial charge in [-0.25, -0.2) is 0 Å². The van der Waals surface area contributed by atoms with E-state index in [1.165, 1.54) is 0 Å². The van der Waals surface area contributed by atoms with Gasteiger partial charge in [0, 0.05) is 6.42 Å². The van der Waals surface area contributed by atoms with Gasteiger partial charge in [0.15, 0.2) is 0 Å². The summed E-state index contributed by atoms with van der Waals surface area (Å²) < 4.78 is 5.35. The molecule has 0 aliphatic heterocycles. The molecule has 0 aromatic heterocycles. The molecule has 0 aliphatic rings. The molecule has 1 atom stereocenters. The summed E-state index contributed by atoms with van der Waals surface area (Å²) in [6.07, 6.45) is 4.18. The number of esters is 1. The van der Waals surface area contributed by atoms with Gasteiger partial charge in [-0.15, -0.1) is 0 Å². The Balaban J connectivity index is 3.89. The summed E-state index contributed by atoms with van der Waals surface area (Å²) in [6.45, 7) is 7.57. The number of aliphatic carboxylic acids is 1. The molecule has 0 amide bonds. The van der Waals surface area contributed by atoms with Crippen LogP contribution in [0.25, 0.3) is 0 Å². The number of carbonyl (C=O) groups excluding carboxylic acids is 1. The summed E-state index contributed by atoms with van der Waals surface area (Å²) in [5.41, 5.74) is -0.437. The first-order valence-electron chi connectivity index (χ1n) is 6.71. The molecule has 4 heteroatoms. The maximum absolute atomic E-state index is 11.8. The molecule has 0 spiro atoms. The van der Waals surface area contributed by atoms with Crippen molar-refractivity contribution >= 4 is 11.9 Å². The van der Waals surface area contributed by atoms with Crippen LogP contribution in [0, 0.1) is 5.92 Å². The van der Waals surface area contributed by atoms with Gasteiger partial charge < -0.3 is 9.84 Å². The lowest BCUT2D eigenvalue weighted by atomic mass is 9.98. The second kappa shape index (κ2) is 8.11. The van der Waals surface area contributed by atoms with Gasteiger partial charge in [0.1, 0.15) is 5.60 Å². The van der Waals surface area contributed by atoms with Gasteiger partial charge in [-0.3, -0.25) is 9.59 Å². The van der Waals surface area contributed by atoms with Crippen LogP contribution in [-0.4, -0.2) is 22.6 Å². The summed E-state index contributed by atoms with van der Waals surface area (Å²) in [5.74, 6) is -0.952. The van der Waals surface area contributed by atoms with Crippen molar-refractivity contribution in [3.05, 3.63) is 0 Å². The smallest absolute Gasteiger partial charge is 0.309 e. The molecule has 1 N–H and O–H groups in total. The second-order valence-corrected chi connectivity index (χ2v) is 5.63. The molecule has 0 rings (SSSR count). The first kappa shape index (κ1) is 16.9. The Morgan fingerprint density at radius 2 is 1.78 bits per heavy atom. The molecule has 0 saturated carbocycles. The zero-order valence-electron chi connectivity index (χ0n) is 12.0. The fourth-order valence-electron chi connectivity index (χ4n) is 1.72. The van der Waals surface area contributed by atoms with E-state index in [1.807, 2.05) is 27.7 Å². The molecule has 0 fully saturated rings. The third-order valence-corrected chi connectivity index (χ3v) is 2.68. The topological polar surface area (TPSA) is 63.6 Å². The van der Waals surface area contributed by atoms with Gasteiger partial charge in [-0.1, -0.05) is 19.8 Å². The van der Waals surface area contributed by atoms with Crippen molar-refractivity contribution in [2.24, 2.45) is 5.92 Å². The number of ether oxygens (including phenoxy) is 1. The maximum atomic E-state index is 11.8. The number of carbonyl (C=O) groups is 2. The van der Waals surface area contributed by atoms with Gasteiger partial charge in [-0.2, -0.15) is 0 Å². The normalized spacial score (nSPS) is 13.1. The summed E-state index contributed by atoms with van der Waals surface area (Å²) in [4.78, 5) is 22.2. The van der Waals surface area contributed by atoms with Crippen molar-refractivity contribution in [2.75, 3.05) is 0 Å². The average Bonchev–Trinajstić information content (AvgIpc) is 2.20. The summed E-state index contributed by atoms with van der Waals surface area (Å²) >= 11 is 0. The minimum atomic E-state index is -0.755. The van der Waals surface area contributed by atoms with E-state index in [-0.39, 0.29) is 18.3 Å². The van der Waals surface area contributed by atoms with Crippen LogP contribution in [0.2, 0.25) is 0 Å². The molecular formula is C14H26O4. The van der Waals surface area contributed by atoms with E-state index >= 15 is 0 Å². The number of hydrogen-bond donors (Lipinski definition) is 1. The van der Waals surface area contributed by atoms with Crippen molar-refractivity contribution < 1.29 is 19.4 Å². The largest absolute Gasteiger partial charge is 0.481 e. The lowest BCUT2D eigenvalue weighted by molar-refractivity contribution is -0.160. The molecule has 1 unspecified atom stereocenters. The molecule has 0 radical (unpaired) electrons. The monoisotopic (exact) mass is 258 g/mol. The highest BCUT2D eigenvalue weighted by Crippen LogP contribution is 2.19. The highest BCUT2D eigenvalue weighted by atomic mass is 16.6. The van der Waals surface area contributed by atoms with Crippen molar-refractivity contribution in [1.29, 1.82) is 0 Å². The van der Waals surface area contributed by atoms with E-state index in [0.717, 1.165) is 25.7 Å². The van der Waals surface area contributed by atoms with Crippen LogP contribution in [-0.2, 0) is 14.3 Å². The van der Waals surface area contributed by atoms with Gasteiger partial charge in [0.25, 0.3) is 0 Å². The van der Waals surface area contributed by atoms with E-state index in [4.69, 9.17) is 9.84 Å². The van der Waals surface area contributed by atoms with Crippen LogP contribution in [0.3, 0.4) is 0 Å². The van der Waals surface area contributed by atoms with Crippen LogP contribution in [0.5, 0.6) is 0 Å². The highest BCUT2D eigenvalue weighted by Gasteiger charge is 2.23. The lowest BCUT2D eigenvalue weighted by Gasteiger charge is -2.23. The Bertz CT molecular complexity index is 265. The molecule has 0 saturated heterocycles. The third kappa shape index (κ3) is 9.02. The van der Waals surface area contributed by atoms with Crippen LogP contribution in [0.1, 0.15) is 66.2 Å². The molecule has 0 bridgehead atoms. The zero-order chi connectivity index (χ0) is 14.2. The van der Waals surface area contributed by atoms with E-state index in [9.17, 15) is 9.59 Å². The van der Waals surface area contributed by atoms with Crippen molar-refractivity contribution in [2.45, 2.75) is 71.8 Å². The Hall–Kier alpha value is -1.06. The molecule has 18 heavy (non-hydrogen) atoms. The number of hydrogen-bond acceptors (Lipinski definition) is 3. The zero-order valence-corrected chi connectivity index (χ0v) is 12.0. The summed E-state index contributed by atoms with van der Waals surface area (Å²) in [7, 11) is 0. The average molecular weight is 258 g/mol. The van der Waals surface area contributed by atoms with Crippen molar-refractivity contribution in [1.82, 2.24) is 0 Å². The number of carboxylic acids is 1. The quantitative estimate of drug-likeness (QED) is 0.535. The molecule has 0 aliphatic carbocycles. The first-order chi connectivity index (χ1) is 8.26. The highest BCUT2D eigenvalue weighted by molar-refractivity contribution is 5.72. The van der Waals surface area contributed by atoms with E-state index in [2.05, 4.69) is 0 Å². The first-order valence-corrected chi connectivity index (χ1v) is 6.71. The van der Waals surface area contributed by atoms with Crippen molar-refractivity contribution in [3.63, 3.8) is 0 Å². The van der Waals surface area contributed by atoms with Crippen LogP contribution < -0.4 is 0 Å². The standard InChI is InChI=1S/C14H26O4/c1-5-11(13(17)18-14(2,3)4)9-7-6-8-10-12(15)16/h11H,5-10H2,1-4H3,(H,15,16). The lowest BCUT2D eigenvalue weighted by Crippen LogP contribution is -2.28. The van der Waals surface area contributed by atoms with E-state index in [1.54, 1.807) is 0 Å². The minimum absolute atomic E-state index is 0.0611. The molecule has 4 nitrogen and oxygen atoms in total. The molecular weight excluding hydrogens is 232 g/mol. The van der Waals surface area contributed by atoms with Crippen LogP contribution >= 0.6 is 0 Å². The fourth-order valence-corrected chi connectivity index (χ4v) is 1.72. The van der Waals surface area contributed by atoms with Gasteiger partial charge in [0.2, 0.25) is 0 Å². The summed E-state index contributed by atoms with van der Waals surface area (Å²) in [5, 5.41) is 8.51. The van der Waals surface area contributed by atoms with E-state index in [0.29, 0.717) is 6.42 Å². The molecule has 106 valence electrons. The van der Waals surface area contributed by atoms with E-state index < -0.39 is 11.6 Å². The fraction of sp³-hybridized carbons (Fsp3) is 0.857.